The molecule has 7 heteroatoms. The third kappa shape index (κ3) is 25.1. The predicted molar refractivity (Wildman–Crippen MR) is 33.5 cm³/mol. The van der Waals surface area contributed by atoms with Crippen molar-refractivity contribution in [3.63, 3.8) is 0 Å². The van der Waals surface area contributed by atoms with Crippen LogP contribution in [0.1, 0.15) is 0 Å². The fourth-order valence-corrected chi connectivity index (χ4v) is 0. The summed E-state index contributed by atoms with van der Waals surface area (Å²) in [5.74, 6) is 0. The molecule has 0 aromatic heterocycles. The van der Waals surface area contributed by atoms with Crippen LogP contribution in [0.2, 0.25) is 0 Å². The van der Waals surface area contributed by atoms with Crippen molar-refractivity contribution in [3.8, 4) is 0 Å². The third-order valence-corrected chi connectivity index (χ3v) is 0.436. The van der Waals surface area contributed by atoms with E-state index in [2.05, 4.69) is 11.3 Å². The fourth-order valence-electron chi connectivity index (χ4n) is 0. The maximum atomic E-state index is 10.2. The lowest BCUT2D eigenvalue weighted by Crippen LogP contribution is -1.90. The SMILES string of the molecule is C=CCN.O=P(O)(O)OF. The Hall–Kier alpha value is -0.260. The molecule has 62 valence electrons. The number of rotatable bonds is 2. The maximum Gasteiger partial charge on any atom is 0.500 e. The summed E-state index contributed by atoms with van der Waals surface area (Å²) in [5.41, 5.74) is 4.91. The molecule has 0 atom stereocenters. The van der Waals surface area contributed by atoms with Crippen LogP contribution in [-0.2, 0) is 9.29 Å². The first-order chi connectivity index (χ1) is 4.47. The van der Waals surface area contributed by atoms with Gasteiger partial charge < -0.3 is 15.5 Å². The van der Waals surface area contributed by atoms with Gasteiger partial charge in [-0.25, -0.2) is 4.57 Å². The third-order valence-electron chi connectivity index (χ3n) is 0.257. The van der Waals surface area contributed by atoms with Crippen molar-refractivity contribution in [2.45, 2.75) is 0 Å². The normalized spacial score (nSPS) is 9.60. The summed E-state index contributed by atoms with van der Waals surface area (Å²) in [7, 11) is -4.81. The average molecular weight is 173 g/mol. The molecule has 0 fully saturated rings. The van der Waals surface area contributed by atoms with Crippen LogP contribution in [-0.4, -0.2) is 16.3 Å². The van der Waals surface area contributed by atoms with Crippen LogP contribution in [0.25, 0.3) is 0 Å². The van der Waals surface area contributed by atoms with Gasteiger partial charge in [0.1, 0.15) is 0 Å². The Labute approximate surface area is 57.4 Å². The lowest BCUT2D eigenvalue weighted by Gasteiger charge is -1.87. The molecule has 0 saturated carbocycles. The molecule has 10 heavy (non-hydrogen) atoms. The molecule has 0 radical (unpaired) electrons. The van der Waals surface area contributed by atoms with Crippen molar-refractivity contribution in [1.29, 1.82) is 0 Å². The molecule has 0 unspecified atom stereocenters. The summed E-state index contributed by atoms with van der Waals surface area (Å²) < 4.78 is 21.4. The quantitative estimate of drug-likeness (QED) is 0.407. The molecule has 0 spiro atoms. The van der Waals surface area contributed by atoms with E-state index >= 15 is 0 Å². The van der Waals surface area contributed by atoms with E-state index in [9.17, 15) is 4.53 Å². The molecule has 0 saturated heterocycles. The van der Waals surface area contributed by atoms with Gasteiger partial charge in [-0.3, -0.25) is 0 Å². The Bertz CT molecular complexity index is 124. The van der Waals surface area contributed by atoms with Crippen molar-refractivity contribution < 1.29 is 23.6 Å². The molecule has 0 aliphatic rings. The predicted octanol–water partition coefficient (Wildman–Crippen LogP) is 0.111. The van der Waals surface area contributed by atoms with Gasteiger partial charge in [0.25, 0.3) is 0 Å². The second kappa shape index (κ2) is 6.85. The van der Waals surface area contributed by atoms with E-state index in [0.29, 0.717) is 6.54 Å². The van der Waals surface area contributed by atoms with Crippen molar-refractivity contribution >= 4 is 7.82 Å². The molecule has 0 aliphatic heterocycles. The average Bonchev–Trinajstić information content (AvgIpc) is 1.87. The van der Waals surface area contributed by atoms with Gasteiger partial charge in [0.2, 0.25) is 0 Å². The molecule has 0 bridgehead atoms. The van der Waals surface area contributed by atoms with Crippen LogP contribution < -0.4 is 5.73 Å². The first-order valence-electron chi connectivity index (χ1n) is 2.14. The zero-order valence-electron chi connectivity index (χ0n) is 5.11. The number of halogens is 1. The summed E-state index contributed by atoms with van der Waals surface area (Å²) in [6, 6.07) is 0. The van der Waals surface area contributed by atoms with Crippen LogP contribution >= 0.6 is 7.82 Å². The van der Waals surface area contributed by atoms with Gasteiger partial charge >= 0.3 is 7.82 Å². The Kier molecular flexibility index (Phi) is 8.51. The molecule has 4 N–H and O–H groups in total. The summed E-state index contributed by atoms with van der Waals surface area (Å²) >= 11 is 0. The molecule has 0 aromatic carbocycles. The highest BCUT2D eigenvalue weighted by molar-refractivity contribution is 7.46. The van der Waals surface area contributed by atoms with Crippen LogP contribution in [0, 0.1) is 0 Å². The molecule has 5 nitrogen and oxygen atoms in total. The van der Waals surface area contributed by atoms with Gasteiger partial charge in [-0.05, 0) is 4.53 Å². The highest BCUT2D eigenvalue weighted by atomic mass is 31.2. The van der Waals surface area contributed by atoms with E-state index < -0.39 is 7.82 Å². The van der Waals surface area contributed by atoms with Gasteiger partial charge in [-0.15, -0.1) is 6.58 Å². The Morgan fingerprint density at radius 2 is 2.00 bits per heavy atom. The molecular formula is C3H9FNO4P. The molecule has 0 amide bonds. The Morgan fingerprint density at radius 1 is 1.80 bits per heavy atom. The Morgan fingerprint density at radius 3 is 2.00 bits per heavy atom. The first-order valence-corrected chi connectivity index (χ1v) is 3.67. The number of nitrogens with two attached hydrogens (primary N) is 1. The lowest BCUT2D eigenvalue weighted by molar-refractivity contribution is -0.0389. The monoisotopic (exact) mass is 173 g/mol. The van der Waals surface area contributed by atoms with E-state index in [0.717, 1.165) is 0 Å². The topological polar surface area (TPSA) is 92.8 Å². The largest absolute Gasteiger partial charge is 0.500 e. The summed E-state index contributed by atoms with van der Waals surface area (Å²) in [4.78, 5) is 14.7. The molecule has 0 aliphatic carbocycles. The molecule has 0 heterocycles. The van der Waals surface area contributed by atoms with E-state index in [1.807, 2.05) is 0 Å². The number of phosphoric acid groups is 1. The first kappa shape index (κ1) is 12.4. The van der Waals surface area contributed by atoms with Crippen LogP contribution in [0.15, 0.2) is 12.7 Å². The van der Waals surface area contributed by atoms with Gasteiger partial charge in [-0.1, -0.05) is 10.8 Å². The zero-order chi connectivity index (χ0) is 8.62. The minimum absolute atomic E-state index is 0.583. The minimum Gasteiger partial charge on any atom is -0.327 e. The van der Waals surface area contributed by atoms with Crippen LogP contribution in [0.3, 0.4) is 0 Å². The highest BCUT2D eigenvalue weighted by Crippen LogP contribution is 2.35. The number of hydrogen-bond acceptors (Lipinski definition) is 3. The zero-order valence-corrected chi connectivity index (χ0v) is 6.00. The summed E-state index contributed by atoms with van der Waals surface area (Å²) in [5, 5.41) is 0. The van der Waals surface area contributed by atoms with E-state index in [1.165, 1.54) is 0 Å². The van der Waals surface area contributed by atoms with E-state index in [-0.39, 0.29) is 0 Å². The lowest BCUT2D eigenvalue weighted by atomic mass is 10.7. The van der Waals surface area contributed by atoms with Gasteiger partial charge in [0, 0.05) is 6.54 Å². The van der Waals surface area contributed by atoms with Crippen molar-refractivity contribution in [2.75, 3.05) is 6.54 Å². The van der Waals surface area contributed by atoms with E-state index in [1.54, 1.807) is 6.08 Å². The summed E-state index contributed by atoms with van der Waals surface area (Å²) in [6.07, 6.45) is 1.65. The van der Waals surface area contributed by atoms with Crippen molar-refractivity contribution in [3.05, 3.63) is 12.7 Å². The summed E-state index contributed by atoms with van der Waals surface area (Å²) in [6.45, 7) is 3.94. The van der Waals surface area contributed by atoms with Crippen LogP contribution in [0.4, 0.5) is 4.53 Å². The van der Waals surface area contributed by atoms with Gasteiger partial charge in [0.05, 0.1) is 0 Å². The second-order valence-corrected chi connectivity index (χ2v) is 2.20. The highest BCUT2D eigenvalue weighted by Gasteiger charge is 2.12. The van der Waals surface area contributed by atoms with Crippen LogP contribution in [0.5, 0.6) is 0 Å². The maximum absolute atomic E-state index is 10.2. The molecular weight excluding hydrogens is 164 g/mol. The van der Waals surface area contributed by atoms with E-state index in [4.69, 9.17) is 20.1 Å². The standard InChI is InChI=1S/C3H7N.FH2O4P/c1-2-3-4;1-5-6(2,3)4/h2H,1,3-4H2;(H2,2,3,4). The van der Waals surface area contributed by atoms with Gasteiger partial charge in [-0.2, -0.15) is 0 Å². The second-order valence-electron chi connectivity index (χ2n) is 1.08. The smallest absolute Gasteiger partial charge is 0.327 e. The molecule has 0 rings (SSSR count). The van der Waals surface area contributed by atoms with Crippen molar-refractivity contribution in [1.82, 2.24) is 0 Å². The van der Waals surface area contributed by atoms with Gasteiger partial charge in [0.15, 0.2) is 0 Å². The molecule has 0 aromatic rings. The number of hydrogen-bond donors (Lipinski definition) is 3. The van der Waals surface area contributed by atoms with Crippen molar-refractivity contribution in [2.24, 2.45) is 5.73 Å². The Balaban J connectivity index is 0. The minimum atomic E-state index is -4.81. The fraction of sp³-hybridized carbons (Fsp3) is 0.333.